The van der Waals surface area contributed by atoms with Crippen molar-refractivity contribution in [2.45, 2.75) is 72.1 Å². The molecule has 0 fully saturated rings. The molecule has 5 rings (SSSR count). The molecule has 0 nitrogen and oxygen atoms in total. The quantitative estimate of drug-likeness (QED) is 0.335. The summed E-state index contributed by atoms with van der Waals surface area (Å²) in [5.74, 6) is 0. The Hall–Kier alpha value is -1.70. The summed E-state index contributed by atoms with van der Waals surface area (Å²) in [6.07, 6.45) is 9.22. The van der Waals surface area contributed by atoms with Gasteiger partial charge in [0.2, 0.25) is 0 Å². The van der Waals surface area contributed by atoms with Crippen molar-refractivity contribution in [3.63, 3.8) is 0 Å². The van der Waals surface area contributed by atoms with E-state index in [1.54, 1.807) is 17.1 Å². The van der Waals surface area contributed by atoms with Gasteiger partial charge in [-0.05, 0) is 0 Å². The van der Waals surface area contributed by atoms with Crippen LogP contribution in [0.3, 0.4) is 0 Å². The third-order valence-electron chi connectivity index (χ3n) is 7.69. The Morgan fingerprint density at radius 2 is 1.41 bits per heavy atom. The van der Waals surface area contributed by atoms with Gasteiger partial charge in [-0.25, -0.2) is 0 Å². The molecule has 192 valence electrons. The Kier molecular flexibility index (Phi) is 9.03. The Balaban J connectivity index is 0.00000190. The van der Waals surface area contributed by atoms with Crippen molar-refractivity contribution in [3.05, 3.63) is 111 Å². The minimum absolute atomic E-state index is 0. The van der Waals surface area contributed by atoms with Crippen LogP contribution in [-0.4, -0.2) is 3.81 Å². The fourth-order valence-corrected chi connectivity index (χ4v) is 10.3. The molecule has 0 aliphatic heterocycles. The van der Waals surface area contributed by atoms with E-state index in [0.717, 1.165) is 12.8 Å². The molecular weight excluding hydrogens is 527 g/mol. The third kappa shape index (κ3) is 5.84. The van der Waals surface area contributed by atoms with Crippen LogP contribution in [0.1, 0.15) is 82.7 Å². The largest absolute Gasteiger partial charge is 1.00 e. The molecule has 0 saturated carbocycles. The van der Waals surface area contributed by atoms with Crippen LogP contribution in [-0.2, 0) is 34.7 Å². The van der Waals surface area contributed by atoms with Gasteiger partial charge in [0.1, 0.15) is 0 Å². The van der Waals surface area contributed by atoms with Crippen LogP contribution in [0.4, 0.5) is 0 Å². The molecule has 37 heavy (non-hydrogen) atoms. The summed E-state index contributed by atoms with van der Waals surface area (Å²) in [6.45, 7) is 16.5. The molecule has 0 heterocycles. The van der Waals surface area contributed by atoms with E-state index in [4.69, 9.17) is 0 Å². The second kappa shape index (κ2) is 11.2. The summed E-state index contributed by atoms with van der Waals surface area (Å²) in [5.41, 5.74) is 10.6. The van der Waals surface area contributed by atoms with Crippen molar-refractivity contribution in [3.8, 4) is 11.1 Å². The van der Waals surface area contributed by atoms with Gasteiger partial charge in [-0.1, -0.05) is 0 Å². The zero-order valence-electron chi connectivity index (χ0n) is 23.2. The number of hydrogen-bond acceptors (Lipinski definition) is 0. The van der Waals surface area contributed by atoms with Crippen molar-refractivity contribution >= 4 is 7.68 Å². The molecule has 0 aromatic heterocycles. The van der Waals surface area contributed by atoms with Gasteiger partial charge in [-0.2, -0.15) is 0 Å². The van der Waals surface area contributed by atoms with E-state index in [2.05, 4.69) is 127 Å². The van der Waals surface area contributed by atoms with Gasteiger partial charge in [0.05, 0.1) is 0 Å². The van der Waals surface area contributed by atoms with Crippen LogP contribution in [0.5, 0.6) is 0 Å². The number of rotatable bonds is 3. The van der Waals surface area contributed by atoms with Gasteiger partial charge < -0.3 is 24.8 Å². The average Bonchev–Trinajstić information content (AvgIpc) is 3.46. The van der Waals surface area contributed by atoms with E-state index in [1.165, 1.54) is 33.4 Å². The van der Waals surface area contributed by atoms with Gasteiger partial charge in [0, 0.05) is 0 Å². The Morgan fingerprint density at radius 1 is 0.757 bits per heavy atom. The van der Waals surface area contributed by atoms with Crippen LogP contribution in [0.25, 0.3) is 11.1 Å². The van der Waals surface area contributed by atoms with Crippen LogP contribution in [0.15, 0.2) is 82.8 Å². The summed E-state index contributed by atoms with van der Waals surface area (Å²) < 4.78 is 4.95. The maximum absolute atomic E-state index is 2.61. The molecule has 2 aliphatic carbocycles. The maximum Gasteiger partial charge on any atom is -1.00 e. The second-order valence-corrected chi connectivity index (χ2v) is 16.5. The molecule has 0 saturated heterocycles. The summed E-state index contributed by atoms with van der Waals surface area (Å²) >= 11 is -1.94. The predicted molar refractivity (Wildman–Crippen MR) is 150 cm³/mol. The summed E-state index contributed by atoms with van der Waals surface area (Å²) in [4.78, 5) is 0. The molecule has 0 N–H and O–H groups in total. The van der Waals surface area contributed by atoms with E-state index >= 15 is 0 Å². The van der Waals surface area contributed by atoms with E-state index < -0.39 is 17.4 Å². The molecular formula is C34H38Cl2Ti. The summed E-state index contributed by atoms with van der Waals surface area (Å²) in [7, 11) is 0. The Morgan fingerprint density at radius 3 is 2.00 bits per heavy atom. The van der Waals surface area contributed by atoms with E-state index in [1.807, 2.05) is 0 Å². The first-order chi connectivity index (χ1) is 16.5. The topological polar surface area (TPSA) is 0 Å². The smallest absolute Gasteiger partial charge is 1.00 e. The molecule has 0 spiro atoms. The normalized spacial score (nSPS) is 14.2. The first-order valence-electron chi connectivity index (χ1n) is 13.0. The van der Waals surface area contributed by atoms with E-state index in [9.17, 15) is 0 Å². The average molecular weight is 565 g/mol. The molecule has 0 amide bonds. The van der Waals surface area contributed by atoms with Crippen molar-refractivity contribution < 1.29 is 42.2 Å². The monoisotopic (exact) mass is 564 g/mol. The minimum atomic E-state index is -1.94. The van der Waals surface area contributed by atoms with E-state index in [0.29, 0.717) is 0 Å². The van der Waals surface area contributed by atoms with Crippen molar-refractivity contribution in [1.29, 1.82) is 0 Å². The Bertz CT molecular complexity index is 1390. The fourth-order valence-electron chi connectivity index (χ4n) is 5.48. The number of allylic oxidation sites excluding steroid dienone is 4. The number of halogens is 2. The zero-order chi connectivity index (χ0) is 25.0. The number of fused-ring (bicyclic) bond motifs is 3. The van der Waals surface area contributed by atoms with Crippen molar-refractivity contribution in [2.24, 2.45) is 0 Å². The first kappa shape index (κ1) is 29.9. The standard InChI is InChI=1S/C21H25.C8H8.C5H5.2ClH.Ti/c1-20(2,3)16-9-7-14-11-15-8-10-17(21(4,5)6)13-19(15)18(14)12-16;1-2-8-6-4-3-5-7-8;1-2-4-5-3-1;;;/h7,9-10,12-13H,11H2,1-6H3;3-7H,1H3;1-3H,4H2;2*1H;/q;;;;;+2/p-2. The summed E-state index contributed by atoms with van der Waals surface area (Å²) in [5, 5.41) is 0. The van der Waals surface area contributed by atoms with Gasteiger partial charge >= 0.3 is 219 Å². The van der Waals surface area contributed by atoms with E-state index in [-0.39, 0.29) is 35.6 Å². The van der Waals surface area contributed by atoms with Crippen LogP contribution in [0, 0.1) is 0 Å². The zero-order valence-corrected chi connectivity index (χ0v) is 26.2. The number of benzene rings is 3. The first-order valence-corrected chi connectivity index (χ1v) is 15.3. The van der Waals surface area contributed by atoms with Crippen molar-refractivity contribution in [1.82, 2.24) is 0 Å². The van der Waals surface area contributed by atoms with Gasteiger partial charge in [-0.15, -0.1) is 0 Å². The minimum Gasteiger partial charge on any atom is -1.00 e. The molecule has 2 aliphatic rings. The third-order valence-corrected chi connectivity index (χ3v) is 12.4. The van der Waals surface area contributed by atoms with Gasteiger partial charge in [0.15, 0.2) is 0 Å². The molecule has 0 unspecified atom stereocenters. The number of hydrogen-bond donors (Lipinski definition) is 0. The SMILES string of the molecule is C/[C](c1ccccc1)=[Ti+2](\[C]1=CC=CC1)[c]1cc(C(C)(C)C)cc2c1Cc1ccc(C(C)(C)C)cc1-2.[Cl-].[Cl-]. The maximum atomic E-state index is 2.61. The predicted octanol–water partition coefficient (Wildman–Crippen LogP) is 2.19. The van der Waals surface area contributed by atoms with Crippen molar-refractivity contribution in [2.75, 3.05) is 0 Å². The van der Waals surface area contributed by atoms with Gasteiger partial charge in [-0.3, -0.25) is 0 Å². The van der Waals surface area contributed by atoms with Crippen LogP contribution >= 0.6 is 0 Å². The summed E-state index contributed by atoms with van der Waals surface area (Å²) in [6, 6.07) is 23.5. The molecule has 0 radical (unpaired) electrons. The van der Waals surface area contributed by atoms with Crippen LogP contribution in [0.2, 0.25) is 0 Å². The molecule has 3 aromatic carbocycles. The molecule has 3 aromatic rings. The molecule has 0 atom stereocenters. The second-order valence-electron chi connectivity index (χ2n) is 12.3. The Labute approximate surface area is 242 Å². The van der Waals surface area contributed by atoms with Crippen LogP contribution < -0.4 is 28.7 Å². The fraction of sp³-hybridized carbons (Fsp3) is 0.324. The molecule has 3 heteroatoms. The molecule has 0 bridgehead atoms. The van der Waals surface area contributed by atoms with Gasteiger partial charge in [0.25, 0.3) is 0 Å².